The van der Waals surface area contributed by atoms with Gasteiger partial charge < -0.3 is 4.74 Å². The Morgan fingerprint density at radius 2 is 1.94 bits per heavy atom. The zero-order valence-electron chi connectivity index (χ0n) is 10.2. The van der Waals surface area contributed by atoms with Crippen LogP contribution in [0.1, 0.15) is 17.0 Å². The lowest BCUT2D eigenvalue weighted by molar-refractivity contribution is 0.176. The number of ether oxygens (including phenoxy) is 1. The van der Waals surface area contributed by atoms with E-state index >= 15 is 0 Å². The van der Waals surface area contributed by atoms with Gasteiger partial charge in [0.15, 0.2) is 10.6 Å². The van der Waals surface area contributed by atoms with Crippen molar-refractivity contribution in [3.8, 4) is 5.69 Å². The van der Waals surface area contributed by atoms with E-state index in [0.717, 1.165) is 11.5 Å². The maximum atomic E-state index is 5.24. The van der Waals surface area contributed by atoms with E-state index in [9.17, 15) is 0 Å². The second kappa shape index (κ2) is 4.81. The summed E-state index contributed by atoms with van der Waals surface area (Å²) in [5, 5.41) is 6.96. The fourth-order valence-corrected chi connectivity index (χ4v) is 2.16. The molecule has 0 aliphatic heterocycles. The van der Waals surface area contributed by atoms with Gasteiger partial charge in [0, 0.05) is 7.11 Å². The summed E-state index contributed by atoms with van der Waals surface area (Å²) in [7, 11) is 1.64. The molecule has 1 aromatic carbocycles. The molecule has 2 aromatic rings. The Labute approximate surface area is 105 Å². The lowest BCUT2D eigenvalue weighted by Gasteiger charge is -2.08. The Bertz CT molecular complexity index is 565. The van der Waals surface area contributed by atoms with Crippen molar-refractivity contribution in [2.24, 2.45) is 0 Å². The Morgan fingerprint density at radius 3 is 2.53 bits per heavy atom. The van der Waals surface area contributed by atoms with Crippen LogP contribution in [0.25, 0.3) is 5.69 Å². The molecule has 0 aliphatic carbocycles. The van der Waals surface area contributed by atoms with Gasteiger partial charge in [0.1, 0.15) is 6.61 Å². The van der Waals surface area contributed by atoms with Crippen molar-refractivity contribution in [1.29, 1.82) is 0 Å². The molecule has 0 saturated heterocycles. The highest BCUT2D eigenvalue weighted by atomic mass is 32.1. The number of hydrogen-bond acceptors (Lipinski definition) is 3. The first kappa shape index (κ1) is 12.0. The number of aromatic nitrogens is 3. The fourth-order valence-electron chi connectivity index (χ4n) is 1.90. The van der Waals surface area contributed by atoms with Crippen LogP contribution >= 0.6 is 12.2 Å². The summed E-state index contributed by atoms with van der Waals surface area (Å²) in [6, 6.07) is 6.29. The summed E-state index contributed by atoms with van der Waals surface area (Å²) in [5.74, 6) is 0.780. The topological polar surface area (TPSA) is 42.8 Å². The van der Waals surface area contributed by atoms with Gasteiger partial charge in [-0.25, -0.2) is 0 Å². The number of H-pyrrole nitrogens is 1. The first-order chi connectivity index (χ1) is 8.11. The highest BCUT2D eigenvalue weighted by Crippen LogP contribution is 2.16. The van der Waals surface area contributed by atoms with Crippen LogP contribution in [0.3, 0.4) is 0 Å². The van der Waals surface area contributed by atoms with Gasteiger partial charge >= 0.3 is 0 Å². The average Bonchev–Trinajstić information content (AvgIpc) is 2.59. The minimum Gasteiger partial charge on any atom is -0.377 e. The molecule has 1 heterocycles. The summed E-state index contributed by atoms with van der Waals surface area (Å²) < 4.78 is 7.60. The molecule has 0 bridgehead atoms. The van der Waals surface area contributed by atoms with E-state index in [0.29, 0.717) is 11.4 Å². The summed E-state index contributed by atoms with van der Waals surface area (Å²) in [6.07, 6.45) is 0. The first-order valence-electron chi connectivity index (χ1n) is 5.35. The molecule has 0 spiro atoms. The molecule has 5 heteroatoms. The molecule has 0 radical (unpaired) electrons. The Kier molecular flexibility index (Phi) is 3.40. The third-order valence-corrected chi connectivity index (χ3v) is 2.75. The SMILES string of the molecule is COCc1n[nH]c(=S)n1-c1cc(C)cc(C)c1. The number of benzene rings is 1. The predicted octanol–water partition coefficient (Wildman–Crippen LogP) is 2.69. The van der Waals surface area contributed by atoms with Crippen LogP contribution in [0.15, 0.2) is 18.2 Å². The predicted molar refractivity (Wildman–Crippen MR) is 68.9 cm³/mol. The van der Waals surface area contributed by atoms with Crippen molar-refractivity contribution in [2.45, 2.75) is 20.5 Å². The highest BCUT2D eigenvalue weighted by molar-refractivity contribution is 7.71. The van der Waals surface area contributed by atoms with E-state index in [1.54, 1.807) is 7.11 Å². The molecule has 0 atom stereocenters. The molecule has 17 heavy (non-hydrogen) atoms. The minimum atomic E-state index is 0.431. The second-order valence-electron chi connectivity index (χ2n) is 4.06. The number of rotatable bonds is 3. The van der Waals surface area contributed by atoms with Gasteiger partial charge in [-0.2, -0.15) is 5.10 Å². The second-order valence-corrected chi connectivity index (χ2v) is 4.45. The molecular weight excluding hydrogens is 234 g/mol. The smallest absolute Gasteiger partial charge is 0.199 e. The zero-order chi connectivity index (χ0) is 12.4. The number of aromatic amines is 1. The number of nitrogens with zero attached hydrogens (tertiary/aromatic N) is 2. The standard InChI is InChI=1S/C12H15N3OS/c1-8-4-9(2)6-10(5-8)15-11(7-16-3)13-14-12(15)17/h4-6H,7H2,1-3H3,(H,14,17). The lowest BCUT2D eigenvalue weighted by Crippen LogP contribution is -2.03. The molecule has 0 unspecified atom stereocenters. The summed E-state index contributed by atoms with van der Waals surface area (Å²) in [6.45, 7) is 4.56. The van der Waals surface area contributed by atoms with E-state index in [2.05, 4.69) is 42.2 Å². The first-order valence-corrected chi connectivity index (χ1v) is 5.76. The molecule has 1 N–H and O–H groups in total. The molecule has 0 fully saturated rings. The van der Waals surface area contributed by atoms with Crippen LogP contribution in [-0.2, 0) is 11.3 Å². The quantitative estimate of drug-likeness (QED) is 0.850. The van der Waals surface area contributed by atoms with Gasteiger partial charge in [0.25, 0.3) is 0 Å². The molecule has 90 valence electrons. The van der Waals surface area contributed by atoms with Gasteiger partial charge in [-0.1, -0.05) is 6.07 Å². The van der Waals surface area contributed by atoms with Gasteiger partial charge in [0.2, 0.25) is 0 Å². The molecule has 0 saturated carbocycles. The van der Waals surface area contributed by atoms with Crippen molar-refractivity contribution < 1.29 is 4.74 Å². The van der Waals surface area contributed by atoms with Crippen molar-refractivity contribution in [3.05, 3.63) is 39.9 Å². The largest absolute Gasteiger partial charge is 0.377 e. The van der Waals surface area contributed by atoms with Crippen LogP contribution < -0.4 is 0 Å². The van der Waals surface area contributed by atoms with Crippen LogP contribution in [0, 0.1) is 18.6 Å². The summed E-state index contributed by atoms with van der Waals surface area (Å²) >= 11 is 5.24. The van der Waals surface area contributed by atoms with E-state index in [-0.39, 0.29) is 0 Å². The van der Waals surface area contributed by atoms with Crippen LogP contribution in [0.2, 0.25) is 0 Å². The van der Waals surface area contributed by atoms with Gasteiger partial charge in [0.05, 0.1) is 5.69 Å². The number of nitrogens with one attached hydrogen (secondary N) is 1. The summed E-state index contributed by atoms with van der Waals surface area (Å²) in [5.41, 5.74) is 3.42. The number of methoxy groups -OCH3 is 1. The van der Waals surface area contributed by atoms with E-state index in [1.807, 2.05) is 4.57 Å². The van der Waals surface area contributed by atoms with Crippen molar-refractivity contribution in [3.63, 3.8) is 0 Å². The van der Waals surface area contributed by atoms with Gasteiger partial charge in [-0.3, -0.25) is 9.67 Å². The third-order valence-electron chi connectivity index (χ3n) is 2.48. The molecular formula is C12H15N3OS. The normalized spacial score (nSPS) is 10.8. The van der Waals surface area contributed by atoms with E-state index in [1.165, 1.54) is 11.1 Å². The average molecular weight is 249 g/mol. The Balaban J connectivity index is 2.59. The zero-order valence-corrected chi connectivity index (χ0v) is 11.0. The maximum absolute atomic E-state index is 5.24. The monoisotopic (exact) mass is 249 g/mol. The third kappa shape index (κ3) is 2.45. The molecule has 0 amide bonds. The number of aryl methyl sites for hydroxylation is 2. The van der Waals surface area contributed by atoms with Crippen LogP contribution in [0.4, 0.5) is 0 Å². The van der Waals surface area contributed by atoms with Crippen molar-refractivity contribution in [1.82, 2.24) is 14.8 Å². The van der Waals surface area contributed by atoms with Gasteiger partial charge in [-0.05, 0) is 49.3 Å². The Hall–Kier alpha value is -1.46. The molecule has 4 nitrogen and oxygen atoms in total. The lowest BCUT2D eigenvalue weighted by atomic mass is 10.1. The van der Waals surface area contributed by atoms with Crippen molar-refractivity contribution >= 4 is 12.2 Å². The highest BCUT2D eigenvalue weighted by Gasteiger charge is 2.08. The van der Waals surface area contributed by atoms with E-state index < -0.39 is 0 Å². The van der Waals surface area contributed by atoms with Crippen LogP contribution in [0.5, 0.6) is 0 Å². The van der Waals surface area contributed by atoms with Crippen molar-refractivity contribution in [2.75, 3.05) is 7.11 Å². The fraction of sp³-hybridized carbons (Fsp3) is 0.333. The van der Waals surface area contributed by atoms with E-state index in [4.69, 9.17) is 17.0 Å². The van der Waals surface area contributed by atoms with Crippen LogP contribution in [-0.4, -0.2) is 21.9 Å². The minimum absolute atomic E-state index is 0.431. The van der Waals surface area contributed by atoms with Gasteiger partial charge in [-0.15, -0.1) is 0 Å². The number of hydrogen-bond donors (Lipinski definition) is 1. The molecule has 1 aromatic heterocycles. The maximum Gasteiger partial charge on any atom is 0.199 e. The molecule has 2 rings (SSSR count). The summed E-state index contributed by atoms with van der Waals surface area (Å²) in [4.78, 5) is 0. The molecule has 0 aliphatic rings. The Morgan fingerprint density at radius 1 is 1.29 bits per heavy atom.